The number of rotatable bonds is 5. The maximum atomic E-state index is 12.8. The minimum Gasteiger partial charge on any atom is -0.455 e. The fourth-order valence-electron chi connectivity index (χ4n) is 3.65. The van der Waals surface area contributed by atoms with Gasteiger partial charge in [-0.2, -0.15) is 0 Å². The smallest absolute Gasteiger partial charge is 0.355 e. The van der Waals surface area contributed by atoms with Crippen molar-refractivity contribution in [3.05, 3.63) is 87.0 Å². The Bertz CT molecular complexity index is 1460. The third-order valence-corrected chi connectivity index (χ3v) is 5.14. The van der Waals surface area contributed by atoms with Gasteiger partial charge < -0.3 is 19.6 Å². The second-order valence-corrected chi connectivity index (χ2v) is 8.91. The summed E-state index contributed by atoms with van der Waals surface area (Å²) in [7, 11) is 1.58. The van der Waals surface area contributed by atoms with Gasteiger partial charge in [-0.3, -0.25) is 14.9 Å². The normalized spacial score (nSPS) is 11.4. The van der Waals surface area contributed by atoms with Crippen LogP contribution in [0.25, 0.3) is 22.0 Å². The SMILES string of the molecule is Cn1cc(-c2cc([N+](=O)[O-])ccc2Nc2ccccc2)c2cc(C(=O)OC(C)(C)C)[nH]c2c1=O. The molecule has 174 valence electrons. The van der Waals surface area contributed by atoms with Crippen molar-refractivity contribution < 1.29 is 14.5 Å². The van der Waals surface area contributed by atoms with E-state index >= 15 is 0 Å². The summed E-state index contributed by atoms with van der Waals surface area (Å²) in [6.07, 6.45) is 1.60. The maximum absolute atomic E-state index is 12.8. The average Bonchev–Trinajstić information content (AvgIpc) is 3.22. The predicted octanol–water partition coefficient (Wildman–Crippen LogP) is 5.14. The lowest BCUT2D eigenvalue weighted by Crippen LogP contribution is -2.24. The second-order valence-electron chi connectivity index (χ2n) is 8.91. The van der Waals surface area contributed by atoms with Gasteiger partial charge in [0.05, 0.1) is 4.92 Å². The Morgan fingerprint density at radius 2 is 1.79 bits per heavy atom. The number of carbonyl (C=O) groups excluding carboxylic acids is 1. The zero-order valence-electron chi connectivity index (χ0n) is 19.2. The van der Waals surface area contributed by atoms with Gasteiger partial charge in [-0.05, 0) is 45.0 Å². The van der Waals surface area contributed by atoms with Crippen LogP contribution in [0.15, 0.2) is 65.6 Å². The second kappa shape index (κ2) is 8.51. The molecule has 0 atom stereocenters. The Morgan fingerprint density at radius 3 is 2.44 bits per heavy atom. The molecule has 0 aliphatic carbocycles. The molecule has 2 aromatic carbocycles. The standard InChI is InChI=1S/C25H24N4O5/c1-25(2,3)34-24(31)21-13-18-19(14-28(4)23(30)22(18)27-21)17-12-16(29(32)33)10-11-20(17)26-15-8-6-5-7-9-15/h5-14,26-27H,1-4H3. The van der Waals surface area contributed by atoms with E-state index < -0.39 is 16.5 Å². The summed E-state index contributed by atoms with van der Waals surface area (Å²) in [5.41, 5.74) is 1.64. The number of pyridine rings is 1. The van der Waals surface area contributed by atoms with Gasteiger partial charge in [0.25, 0.3) is 11.2 Å². The van der Waals surface area contributed by atoms with E-state index in [1.165, 1.54) is 16.7 Å². The van der Waals surface area contributed by atoms with E-state index in [0.29, 0.717) is 22.2 Å². The van der Waals surface area contributed by atoms with Crippen LogP contribution >= 0.6 is 0 Å². The monoisotopic (exact) mass is 460 g/mol. The highest BCUT2D eigenvalue weighted by Gasteiger charge is 2.23. The lowest BCUT2D eigenvalue weighted by atomic mass is 10.0. The van der Waals surface area contributed by atoms with Gasteiger partial charge in [0, 0.05) is 53.3 Å². The van der Waals surface area contributed by atoms with Crippen LogP contribution in [0.4, 0.5) is 17.1 Å². The topological polar surface area (TPSA) is 119 Å². The van der Waals surface area contributed by atoms with E-state index in [0.717, 1.165) is 5.69 Å². The highest BCUT2D eigenvalue weighted by Crippen LogP contribution is 2.37. The van der Waals surface area contributed by atoms with Crippen LogP contribution in [0.5, 0.6) is 0 Å². The molecule has 2 aromatic heterocycles. The number of fused-ring (bicyclic) bond motifs is 1. The fraction of sp³-hybridized carbons (Fsp3) is 0.200. The molecule has 0 radical (unpaired) electrons. The van der Waals surface area contributed by atoms with Crippen molar-refractivity contribution in [1.29, 1.82) is 0 Å². The molecule has 0 fully saturated rings. The quantitative estimate of drug-likeness (QED) is 0.242. The Kier molecular flexibility index (Phi) is 5.70. The molecular formula is C25H24N4O5. The van der Waals surface area contributed by atoms with Crippen molar-refractivity contribution in [3.8, 4) is 11.1 Å². The number of anilines is 2. The van der Waals surface area contributed by atoms with Gasteiger partial charge in [0.1, 0.15) is 16.8 Å². The number of nitro groups is 1. The third-order valence-electron chi connectivity index (χ3n) is 5.14. The largest absolute Gasteiger partial charge is 0.455 e. The first-order chi connectivity index (χ1) is 16.0. The number of benzene rings is 2. The van der Waals surface area contributed by atoms with Gasteiger partial charge in [-0.15, -0.1) is 0 Å². The van der Waals surface area contributed by atoms with E-state index in [2.05, 4.69) is 10.3 Å². The van der Waals surface area contributed by atoms with E-state index in [-0.39, 0.29) is 22.5 Å². The van der Waals surface area contributed by atoms with Crippen molar-refractivity contribution in [1.82, 2.24) is 9.55 Å². The highest BCUT2D eigenvalue weighted by molar-refractivity contribution is 6.03. The predicted molar refractivity (Wildman–Crippen MR) is 131 cm³/mol. The minimum absolute atomic E-state index is 0.0986. The number of aromatic nitrogens is 2. The average molecular weight is 460 g/mol. The number of hydrogen-bond donors (Lipinski definition) is 2. The molecule has 2 heterocycles. The zero-order chi connectivity index (χ0) is 24.6. The molecule has 0 saturated heterocycles. The Morgan fingerprint density at radius 1 is 1.09 bits per heavy atom. The van der Waals surface area contributed by atoms with Crippen LogP contribution in [0.3, 0.4) is 0 Å². The summed E-state index contributed by atoms with van der Waals surface area (Å²) in [5.74, 6) is -0.599. The molecule has 0 amide bonds. The molecule has 0 bridgehead atoms. The molecule has 4 aromatic rings. The van der Waals surface area contributed by atoms with Gasteiger partial charge in [-0.1, -0.05) is 18.2 Å². The van der Waals surface area contributed by atoms with Crippen molar-refractivity contribution in [2.45, 2.75) is 26.4 Å². The number of non-ortho nitro benzene ring substituents is 1. The Balaban J connectivity index is 1.94. The number of ether oxygens (including phenoxy) is 1. The third kappa shape index (κ3) is 4.54. The number of esters is 1. The fourth-order valence-corrected chi connectivity index (χ4v) is 3.65. The van der Waals surface area contributed by atoms with Crippen molar-refractivity contribution in [2.24, 2.45) is 7.05 Å². The summed E-state index contributed by atoms with van der Waals surface area (Å²) < 4.78 is 6.81. The lowest BCUT2D eigenvalue weighted by molar-refractivity contribution is -0.384. The summed E-state index contributed by atoms with van der Waals surface area (Å²) in [5, 5.41) is 15.3. The molecule has 0 saturated carbocycles. The molecule has 0 aliphatic heterocycles. The van der Waals surface area contributed by atoms with Crippen LogP contribution < -0.4 is 10.9 Å². The number of aromatic amines is 1. The Labute approximate surface area is 195 Å². The van der Waals surface area contributed by atoms with Gasteiger partial charge in [0.15, 0.2) is 0 Å². The number of nitro benzene ring substituents is 1. The molecule has 9 heteroatoms. The molecule has 2 N–H and O–H groups in total. The number of para-hydroxylation sites is 1. The van der Waals surface area contributed by atoms with Gasteiger partial charge >= 0.3 is 5.97 Å². The molecular weight excluding hydrogens is 436 g/mol. The van der Waals surface area contributed by atoms with Crippen molar-refractivity contribution >= 4 is 33.9 Å². The van der Waals surface area contributed by atoms with Crippen LogP contribution in [-0.2, 0) is 11.8 Å². The van der Waals surface area contributed by atoms with Crippen molar-refractivity contribution in [3.63, 3.8) is 0 Å². The van der Waals surface area contributed by atoms with E-state index in [1.807, 2.05) is 30.3 Å². The summed E-state index contributed by atoms with van der Waals surface area (Å²) in [6, 6.07) is 15.4. The summed E-state index contributed by atoms with van der Waals surface area (Å²) in [4.78, 5) is 39.4. The molecule has 34 heavy (non-hydrogen) atoms. The molecule has 4 rings (SSSR count). The van der Waals surface area contributed by atoms with E-state index in [9.17, 15) is 19.7 Å². The highest BCUT2D eigenvalue weighted by atomic mass is 16.6. The molecule has 0 unspecified atom stereocenters. The number of nitrogens with one attached hydrogen (secondary N) is 2. The summed E-state index contributed by atoms with van der Waals surface area (Å²) in [6.45, 7) is 5.26. The number of aryl methyl sites for hydroxylation is 1. The molecule has 9 nitrogen and oxygen atoms in total. The number of carbonyl (C=O) groups is 1. The van der Waals surface area contributed by atoms with Crippen molar-refractivity contribution in [2.75, 3.05) is 5.32 Å². The number of H-pyrrole nitrogens is 1. The number of hydrogen-bond acceptors (Lipinski definition) is 6. The zero-order valence-corrected chi connectivity index (χ0v) is 19.2. The number of nitrogens with zero attached hydrogens (tertiary/aromatic N) is 2. The maximum Gasteiger partial charge on any atom is 0.355 e. The van der Waals surface area contributed by atoms with E-state index in [1.54, 1.807) is 46.1 Å². The van der Waals surface area contributed by atoms with Gasteiger partial charge in [0.2, 0.25) is 0 Å². The molecule has 0 aliphatic rings. The van der Waals surface area contributed by atoms with Crippen LogP contribution in [0.1, 0.15) is 31.3 Å². The van der Waals surface area contributed by atoms with E-state index in [4.69, 9.17) is 4.74 Å². The first-order valence-electron chi connectivity index (χ1n) is 10.6. The summed E-state index contributed by atoms with van der Waals surface area (Å²) >= 11 is 0. The first-order valence-corrected chi connectivity index (χ1v) is 10.6. The molecule has 0 spiro atoms. The van der Waals surface area contributed by atoms with Crippen LogP contribution in [-0.4, -0.2) is 26.0 Å². The first kappa shape index (κ1) is 22.8. The van der Waals surface area contributed by atoms with Crippen LogP contribution in [0, 0.1) is 10.1 Å². The minimum atomic E-state index is -0.713. The Hall–Kier alpha value is -4.40. The lowest BCUT2D eigenvalue weighted by Gasteiger charge is -2.18. The van der Waals surface area contributed by atoms with Crippen LogP contribution in [0.2, 0.25) is 0 Å². The van der Waals surface area contributed by atoms with Gasteiger partial charge in [-0.25, -0.2) is 4.79 Å².